The lowest BCUT2D eigenvalue weighted by atomic mass is 10.0. The van der Waals surface area contributed by atoms with Crippen LogP contribution in [0.3, 0.4) is 0 Å². The highest BCUT2D eigenvalue weighted by Crippen LogP contribution is 2.20. The summed E-state index contributed by atoms with van der Waals surface area (Å²) in [6.45, 7) is 4.58. The van der Waals surface area contributed by atoms with Gasteiger partial charge in [-0.05, 0) is 61.9 Å². The third-order valence-electron chi connectivity index (χ3n) is 6.53. The number of nitrogens with one attached hydrogen (secondary N) is 4. The number of urea groups is 1. The molecule has 0 fully saturated rings. The molecule has 0 radical (unpaired) electrons. The fraction of sp³-hybridized carbons (Fsp3) is 0.312. The van der Waals surface area contributed by atoms with Gasteiger partial charge in [-0.25, -0.2) is 10.3 Å². The minimum absolute atomic E-state index is 0.214. The Labute approximate surface area is 231 Å². The Kier molecular flexibility index (Phi) is 12.1. The highest BCUT2D eigenvalue weighted by atomic mass is 16.5. The minimum atomic E-state index is -0.380. The van der Waals surface area contributed by atoms with Crippen LogP contribution in [0, 0.1) is 0 Å². The summed E-state index contributed by atoms with van der Waals surface area (Å²) in [6, 6.07) is 28.2. The summed E-state index contributed by atoms with van der Waals surface area (Å²) in [5, 5.41) is 18.3. The van der Waals surface area contributed by atoms with Gasteiger partial charge in [-0.2, -0.15) is 0 Å². The van der Waals surface area contributed by atoms with Gasteiger partial charge in [0, 0.05) is 24.4 Å². The molecule has 5 N–H and O–H groups in total. The molecule has 206 valence electrons. The van der Waals surface area contributed by atoms with E-state index >= 15 is 0 Å². The molecule has 0 aromatic heterocycles. The number of allylic oxidation sites excluding steroid dienone is 1. The second-order valence-electron chi connectivity index (χ2n) is 9.80. The first-order valence-electron chi connectivity index (χ1n) is 13.6. The number of hydrogen-bond donors (Lipinski definition) is 5. The van der Waals surface area contributed by atoms with E-state index in [0.29, 0.717) is 13.0 Å². The van der Waals surface area contributed by atoms with Crippen LogP contribution in [-0.2, 0) is 11.2 Å². The predicted octanol–water partition coefficient (Wildman–Crippen LogP) is 6.43. The Morgan fingerprint density at radius 2 is 1.44 bits per heavy atom. The summed E-state index contributed by atoms with van der Waals surface area (Å²) in [6.07, 6.45) is 4.04. The molecule has 0 aliphatic rings. The molecule has 3 rings (SSSR count). The van der Waals surface area contributed by atoms with E-state index < -0.39 is 0 Å². The second kappa shape index (κ2) is 16.0. The summed E-state index contributed by atoms with van der Waals surface area (Å²) >= 11 is 0. The molecular formula is C32H40N4O3. The third kappa shape index (κ3) is 10.3. The van der Waals surface area contributed by atoms with E-state index in [0.717, 1.165) is 48.2 Å². The van der Waals surface area contributed by atoms with Gasteiger partial charge in [0.15, 0.2) is 0 Å². The van der Waals surface area contributed by atoms with Gasteiger partial charge in [0.2, 0.25) is 5.91 Å². The van der Waals surface area contributed by atoms with E-state index in [1.807, 2.05) is 62.4 Å². The monoisotopic (exact) mass is 528 g/mol. The van der Waals surface area contributed by atoms with Crippen molar-refractivity contribution in [2.45, 2.75) is 58.4 Å². The van der Waals surface area contributed by atoms with Gasteiger partial charge in [0.25, 0.3) is 0 Å². The Morgan fingerprint density at radius 3 is 2.08 bits per heavy atom. The first-order valence-corrected chi connectivity index (χ1v) is 13.6. The van der Waals surface area contributed by atoms with Crippen LogP contribution < -0.4 is 21.4 Å². The molecule has 39 heavy (non-hydrogen) atoms. The first kappa shape index (κ1) is 29.5. The number of carbonyl (C=O) groups is 2. The summed E-state index contributed by atoms with van der Waals surface area (Å²) in [7, 11) is 0. The van der Waals surface area contributed by atoms with Crippen molar-refractivity contribution in [3.8, 4) is 11.1 Å². The number of rotatable bonds is 14. The molecule has 0 spiro atoms. The average Bonchev–Trinajstić information content (AvgIpc) is 2.96. The summed E-state index contributed by atoms with van der Waals surface area (Å²) in [4.78, 5) is 24.2. The highest BCUT2D eigenvalue weighted by molar-refractivity contribution is 5.75. The van der Waals surface area contributed by atoms with Gasteiger partial charge in [0.05, 0.1) is 6.04 Å². The molecule has 7 nitrogen and oxygen atoms in total. The van der Waals surface area contributed by atoms with E-state index in [2.05, 4.69) is 52.3 Å². The number of hydroxylamine groups is 1. The Balaban J connectivity index is 1.56. The van der Waals surface area contributed by atoms with Gasteiger partial charge in [0.1, 0.15) is 0 Å². The van der Waals surface area contributed by atoms with Crippen molar-refractivity contribution in [3.63, 3.8) is 0 Å². The Bertz CT molecular complexity index is 1190. The normalized spacial score (nSPS) is 11.3. The van der Waals surface area contributed by atoms with Crippen molar-refractivity contribution in [2.75, 3.05) is 11.9 Å². The van der Waals surface area contributed by atoms with Crippen LogP contribution >= 0.6 is 0 Å². The molecule has 3 amide bonds. The van der Waals surface area contributed by atoms with Crippen molar-refractivity contribution in [2.24, 2.45) is 0 Å². The van der Waals surface area contributed by atoms with Crippen LogP contribution in [-0.4, -0.2) is 29.7 Å². The molecule has 0 aliphatic heterocycles. The average molecular weight is 529 g/mol. The van der Waals surface area contributed by atoms with Gasteiger partial charge in [-0.15, -0.1) is 0 Å². The van der Waals surface area contributed by atoms with Crippen molar-refractivity contribution < 1.29 is 14.8 Å². The van der Waals surface area contributed by atoms with Crippen molar-refractivity contribution >= 4 is 17.6 Å². The number of hydrogen-bond acceptors (Lipinski definition) is 4. The van der Waals surface area contributed by atoms with Crippen molar-refractivity contribution in [3.05, 3.63) is 102 Å². The fourth-order valence-electron chi connectivity index (χ4n) is 4.42. The van der Waals surface area contributed by atoms with Crippen LogP contribution in [0.25, 0.3) is 11.1 Å². The number of para-hydroxylation sites is 1. The first-order chi connectivity index (χ1) is 19.0. The summed E-state index contributed by atoms with van der Waals surface area (Å²) < 4.78 is 0. The molecule has 3 aromatic rings. The van der Waals surface area contributed by atoms with Crippen LogP contribution in [0.1, 0.15) is 51.5 Å². The fourth-order valence-corrected chi connectivity index (χ4v) is 4.42. The smallest absolute Gasteiger partial charge is 0.315 e. The van der Waals surface area contributed by atoms with E-state index in [4.69, 9.17) is 5.21 Å². The van der Waals surface area contributed by atoms with Crippen molar-refractivity contribution in [1.29, 1.82) is 0 Å². The van der Waals surface area contributed by atoms with Crippen LogP contribution in [0.4, 0.5) is 10.5 Å². The third-order valence-corrected chi connectivity index (χ3v) is 6.53. The molecule has 7 heteroatoms. The zero-order valence-corrected chi connectivity index (χ0v) is 22.9. The quantitative estimate of drug-likeness (QED) is 0.0946. The molecule has 0 saturated carbocycles. The molecule has 0 saturated heterocycles. The maximum absolute atomic E-state index is 12.9. The van der Waals surface area contributed by atoms with Crippen LogP contribution in [0.15, 0.2) is 96.2 Å². The molecule has 0 heterocycles. The maximum atomic E-state index is 12.9. The Hall–Kier alpha value is -4.10. The zero-order valence-electron chi connectivity index (χ0n) is 22.9. The standard InChI is InChI=1S/C32H40N4O3/c1-24(2)31(34-28-14-8-4-9-15-28)29(16-10-5-11-17-30(37)36-39)35-32(38)33-23-22-25-18-20-27(21-19-25)26-12-6-3-7-13-26/h3-4,6-9,12-15,18-21,29,34,39H,5,10-11,16-17,22-23H2,1-2H3,(H,36,37)(H2,33,35,38)/t29-/m0/s1. The topological polar surface area (TPSA) is 102 Å². The number of anilines is 1. The number of carbonyl (C=O) groups excluding carboxylic acids is 2. The summed E-state index contributed by atoms with van der Waals surface area (Å²) in [5.41, 5.74) is 8.19. The van der Waals surface area contributed by atoms with Gasteiger partial charge in [-0.3, -0.25) is 10.0 Å². The largest absolute Gasteiger partial charge is 0.357 e. The molecule has 3 aromatic carbocycles. The molecule has 1 atom stereocenters. The van der Waals surface area contributed by atoms with E-state index in [9.17, 15) is 9.59 Å². The lowest BCUT2D eigenvalue weighted by Gasteiger charge is -2.25. The number of amides is 3. The lowest BCUT2D eigenvalue weighted by molar-refractivity contribution is -0.129. The Morgan fingerprint density at radius 1 is 0.795 bits per heavy atom. The number of unbranched alkanes of at least 4 members (excludes halogenated alkanes) is 2. The summed E-state index contributed by atoms with van der Waals surface area (Å²) in [5.74, 6) is -0.380. The molecule has 0 bridgehead atoms. The SMILES string of the molecule is CC(C)=C(Nc1ccccc1)[C@H](CCCCCC(=O)NO)NC(=O)NCCc1ccc(-c2ccccc2)cc1. The van der Waals surface area contributed by atoms with Gasteiger partial charge in [-0.1, -0.05) is 91.2 Å². The lowest BCUT2D eigenvalue weighted by Crippen LogP contribution is -2.45. The van der Waals surface area contributed by atoms with Gasteiger partial charge < -0.3 is 16.0 Å². The molecular weight excluding hydrogens is 488 g/mol. The second-order valence-corrected chi connectivity index (χ2v) is 9.80. The van der Waals surface area contributed by atoms with E-state index in [-0.39, 0.29) is 24.4 Å². The predicted molar refractivity (Wildman–Crippen MR) is 157 cm³/mol. The minimum Gasteiger partial charge on any atom is -0.357 e. The molecule has 0 aliphatic carbocycles. The number of benzene rings is 3. The van der Waals surface area contributed by atoms with Gasteiger partial charge >= 0.3 is 6.03 Å². The van der Waals surface area contributed by atoms with Crippen molar-refractivity contribution in [1.82, 2.24) is 16.1 Å². The van der Waals surface area contributed by atoms with E-state index in [1.165, 1.54) is 11.1 Å². The van der Waals surface area contributed by atoms with E-state index in [1.54, 1.807) is 5.48 Å². The zero-order chi connectivity index (χ0) is 27.9. The maximum Gasteiger partial charge on any atom is 0.315 e. The van der Waals surface area contributed by atoms with Crippen LogP contribution in [0.2, 0.25) is 0 Å². The highest BCUT2D eigenvalue weighted by Gasteiger charge is 2.19. The molecule has 0 unspecified atom stereocenters. The van der Waals surface area contributed by atoms with Crippen LogP contribution in [0.5, 0.6) is 0 Å².